The Morgan fingerprint density at radius 1 is 1.19 bits per heavy atom. The van der Waals surface area contributed by atoms with Crippen molar-refractivity contribution in [2.45, 2.75) is 43.9 Å². The van der Waals surface area contributed by atoms with Crippen molar-refractivity contribution in [1.29, 1.82) is 0 Å². The quantitative estimate of drug-likeness (QED) is 0.398. The van der Waals surface area contributed by atoms with E-state index in [0.29, 0.717) is 12.3 Å². The predicted octanol–water partition coefficient (Wildman–Crippen LogP) is 4.54. The Balaban J connectivity index is 1.36. The summed E-state index contributed by atoms with van der Waals surface area (Å²) in [6.07, 6.45) is 6.21. The average Bonchev–Trinajstić information content (AvgIpc) is 3.54. The van der Waals surface area contributed by atoms with Crippen LogP contribution in [0.15, 0.2) is 71.9 Å². The molecule has 1 saturated carbocycles. The number of rotatable bonds is 7. The standard InChI is InChI=1S/C27H24F2N4O4/c1-26-14-27(15-26,16-37-26)21-12-32-11-18(23(34)30-19-8-5-9-33(24(19)35)25(28)29)20(10-22(32)31-21)36-13-17-6-3-2-4-7-17/h2-12,25H,13-16H2,1H3,(H,30,34). The maximum Gasteiger partial charge on any atom is 0.321 e. The number of fused-ring (bicyclic) bond motifs is 2. The zero-order valence-corrected chi connectivity index (χ0v) is 20.0. The molecule has 2 saturated heterocycles. The molecule has 1 amide bonds. The highest BCUT2D eigenvalue weighted by molar-refractivity contribution is 6.06. The van der Waals surface area contributed by atoms with E-state index in [1.54, 1.807) is 16.7 Å². The lowest BCUT2D eigenvalue weighted by Gasteiger charge is -2.41. The van der Waals surface area contributed by atoms with Crippen LogP contribution in [0, 0.1) is 0 Å². The van der Waals surface area contributed by atoms with Crippen LogP contribution in [0.5, 0.6) is 5.75 Å². The third-order valence-corrected chi connectivity index (χ3v) is 7.13. The number of hydrogen-bond acceptors (Lipinski definition) is 5. The molecule has 3 aliphatic rings. The van der Waals surface area contributed by atoms with Crippen molar-refractivity contribution >= 4 is 17.2 Å². The molecule has 190 valence electrons. The predicted molar refractivity (Wildman–Crippen MR) is 131 cm³/mol. The molecule has 2 bridgehead atoms. The minimum Gasteiger partial charge on any atom is -0.488 e. The molecule has 1 N–H and O–H groups in total. The highest BCUT2D eigenvalue weighted by Crippen LogP contribution is 2.58. The number of pyridine rings is 2. The van der Waals surface area contributed by atoms with Gasteiger partial charge in [0.25, 0.3) is 11.5 Å². The lowest BCUT2D eigenvalue weighted by atomic mass is 9.62. The first kappa shape index (κ1) is 23.4. The number of benzene rings is 1. The van der Waals surface area contributed by atoms with Gasteiger partial charge in [0.05, 0.1) is 23.5 Å². The van der Waals surface area contributed by atoms with Crippen LogP contribution in [0.4, 0.5) is 14.5 Å². The molecule has 37 heavy (non-hydrogen) atoms. The number of hydrogen-bond donors (Lipinski definition) is 1. The van der Waals surface area contributed by atoms with Gasteiger partial charge in [0.2, 0.25) is 0 Å². The van der Waals surface area contributed by atoms with Crippen molar-refractivity contribution in [3.8, 4) is 5.75 Å². The van der Waals surface area contributed by atoms with Gasteiger partial charge in [-0.1, -0.05) is 30.3 Å². The molecule has 0 unspecified atom stereocenters. The number of nitrogens with one attached hydrogen (secondary N) is 1. The van der Waals surface area contributed by atoms with Gasteiger partial charge in [-0.15, -0.1) is 0 Å². The van der Waals surface area contributed by atoms with Crippen molar-refractivity contribution in [3.05, 3.63) is 94.3 Å². The molecule has 4 aromatic rings. The van der Waals surface area contributed by atoms with E-state index in [9.17, 15) is 18.4 Å². The van der Waals surface area contributed by atoms with E-state index in [1.807, 2.05) is 36.5 Å². The summed E-state index contributed by atoms with van der Waals surface area (Å²) < 4.78 is 40.3. The van der Waals surface area contributed by atoms with Crippen LogP contribution in [0.25, 0.3) is 5.65 Å². The van der Waals surface area contributed by atoms with Crippen LogP contribution >= 0.6 is 0 Å². The van der Waals surface area contributed by atoms with Crippen molar-refractivity contribution < 1.29 is 23.0 Å². The number of carbonyl (C=O) groups is 1. The minimum atomic E-state index is -3.03. The first-order valence-electron chi connectivity index (χ1n) is 11.9. The average molecular weight is 507 g/mol. The zero-order chi connectivity index (χ0) is 25.8. The number of amides is 1. The normalized spacial score (nSPS) is 22.3. The number of nitrogens with zero attached hydrogens (tertiary/aromatic N) is 3. The topological polar surface area (TPSA) is 86.9 Å². The number of imidazole rings is 1. The second-order valence-electron chi connectivity index (χ2n) is 9.96. The molecule has 8 nitrogen and oxygen atoms in total. The molecule has 3 fully saturated rings. The van der Waals surface area contributed by atoms with Gasteiger partial charge >= 0.3 is 6.55 Å². The summed E-state index contributed by atoms with van der Waals surface area (Å²) in [5.41, 5.74) is 1.01. The van der Waals surface area contributed by atoms with Crippen molar-refractivity contribution in [1.82, 2.24) is 14.0 Å². The molecule has 3 aromatic heterocycles. The Kier molecular flexibility index (Phi) is 5.38. The van der Waals surface area contributed by atoms with Gasteiger partial charge in [-0.05, 0) is 37.5 Å². The van der Waals surface area contributed by atoms with Gasteiger partial charge in [0, 0.05) is 30.1 Å². The lowest BCUT2D eigenvalue weighted by molar-refractivity contribution is 0.0154. The fourth-order valence-electron chi connectivity index (χ4n) is 5.40. The maximum absolute atomic E-state index is 13.3. The second-order valence-corrected chi connectivity index (χ2v) is 9.96. The molecule has 5 heterocycles. The molecule has 2 aliphatic heterocycles. The summed E-state index contributed by atoms with van der Waals surface area (Å²) in [4.78, 5) is 30.5. The Morgan fingerprint density at radius 2 is 1.97 bits per heavy atom. The molecule has 0 atom stereocenters. The van der Waals surface area contributed by atoms with Crippen LogP contribution in [0.1, 0.15) is 47.9 Å². The van der Waals surface area contributed by atoms with E-state index in [0.717, 1.165) is 30.3 Å². The molecule has 0 radical (unpaired) electrons. The third-order valence-electron chi connectivity index (χ3n) is 7.13. The van der Waals surface area contributed by atoms with Crippen LogP contribution in [0.3, 0.4) is 0 Å². The molecule has 10 heteroatoms. The number of aromatic nitrogens is 3. The molecule has 1 aliphatic carbocycles. The molecule has 7 rings (SSSR count). The molecule has 0 spiro atoms. The Morgan fingerprint density at radius 3 is 2.68 bits per heavy atom. The van der Waals surface area contributed by atoms with Crippen LogP contribution in [-0.2, 0) is 16.8 Å². The third kappa shape index (κ3) is 4.07. The smallest absolute Gasteiger partial charge is 0.321 e. The molecular formula is C27H24F2N4O4. The Labute approximate surface area is 210 Å². The molecular weight excluding hydrogens is 482 g/mol. The van der Waals surface area contributed by atoms with Crippen molar-refractivity contribution in [3.63, 3.8) is 0 Å². The monoisotopic (exact) mass is 506 g/mol. The minimum absolute atomic E-state index is 0.106. The van der Waals surface area contributed by atoms with E-state index in [-0.39, 0.29) is 39.2 Å². The van der Waals surface area contributed by atoms with Gasteiger partial charge in [-0.25, -0.2) is 4.98 Å². The van der Waals surface area contributed by atoms with E-state index < -0.39 is 18.0 Å². The van der Waals surface area contributed by atoms with Gasteiger partial charge in [-0.2, -0.15) is 8.78 Å². The van der Waals surface area contributed by atoms with E-state index in [4.69, 9.17) is 14.5 Å². The highest BCUT2D eigenvalue weighted by Gasteiger charge is 2.61. The van der Waals surface area contributed by atoms with Gasteiger partial charge in [0.15, 0.2) is 0 Å². The summed E-state index contributed by atoms with van der Waals surface area (Å²) in [5.74, 6) is -0.405. The van der Waals surface area contributed by atoms with Crippen molar-refractivity contribution in [2.75, 3.05) is 11.9 Å². The summed E-state index contributed by atoms with van der Waals surface area (Å²) in [6, 6.07) is 13.7. The first-order valence-corrected chi connectivity index (χ1v) is 11.9. The fraction of sp³-hybridized carbons (Fsp3) is 0.296. The number of ether oxygens (including phenoxy) is 2. The van der Waals surface area contributed by atoms with E-state index >= 15 is 0 Å². The van der Waals surface area contributed by atoms with E-state index in [1.165, 1.54) is 12.1 Å². The van der Waals surface area contributed by atoms with E-state index in [2.05, 4.69) is 12.2 Å². The number of anilines is 1. The first-order chi connectivity index (χ1) is 17.8. The van der Waals surface area contributed by atoms with Crippen LogP contribution in [-0.4, -0.2) is 32.1 Å². The highest BCUT2D eigenvalue weighted by atomic mass is 19.3. The summed E-state index contributed by atoms with van der Waals surface area (Å²) in [7, 11) is 0. The Bertz CT molecular complexity index is 1560. The van der Waals surface area contributed by atoms with Gasteiger partial charge < -0.3 is 19.2 Å². The maximum atomic E-state index is 13.3. The Hall–Kier alpha value is -4.05. The number of alkyl halides is 2. The summed E-state index contributed by atoms with van der Waals surface area (Å²) in [5, 5.41) is 2.47. The number of halogens is 2. The van der Waals surface area contributed by atoms with Crippen molar-refractivity contribution in [2.24, 2.45) is 0 Å². The lowest BCUT2D eigenvalue weighted by Crippen LogP contribution is -2.45. The van der Waals surface area contributed by atoms with Crippen LogP contribution < -0.4 is 15.6 Å². The SMILES string of the molecule is CC12CC(c3cn4cc(C(=O)Nc5cccn(C(F)F)c5=O)c(OCc5ccccc5)cc4n3)(CO1)C2. The van der Waals surface area contributed by atoms with Gasteiger partial charge in [0.1, 0.15) is 23.7 Å². The zero-order valence-electron chi connectivity index (χ0n) is 20.0. The van der Waals surface area contributed by atoms with Crippen LogP contribution in [0.2, 0.25) is 0 Å². The second kappa shape index (κ2) is 8.52. The summed E-state index contributed by atoms with van der Waals surface area (Å²) >= 11 is 0. The summed E-state index contributed by atoms with van der Waals surface area (Å²) in [6.45, 7) is -0.132. The molecule has 1 aromatic carbocycles. The van der Waals surface area contributed by atoms with Gasteiger partial charge in [-0.3, -0.25) is 14.2 Å². The number of carbonyl (C=O) groups excluding carboxylic acids is 1. The largest absolute Gasteiger partial charge is 0.488 e. The fourth-order valence-corrected chi connectivity index (χ4v) is 5.40.